The molecule has 0 unspecified atom stereocenters. The van der Waals surface area contributed by atoms with Crippen LogP contribution < -0.4 is 5.32 Å². The van der Waals surface area contributed by atoms with Gasteiger partial charge in [0, 0.05) is 8.07 Å². The summed E-state index contributed by atoms with van der Waals surface area (Å²) in [5.74, 6) is 0. The molecular weight excluding hydrogens is 246 g/mol. The van der Waals surface area contributed by atoms with E-state index in [1.54, 1.807) is 0 Å². The van der Waals surface area contributed by atoms with Crippen LogP contribution in [0.4, 0.5) is 4.79 Å². The molecule has 1 aliphatic heterocycles. The number of hydrogen-bond acceptors (Lipinski definition) is 3. The van der Waals surface area contributed by atoms with Crippen LogP contribution in [0.2, 0.25) is 25.2 Å². The molecule has 1 heterocycles. The number of rotatable bonds is 1. The Labute approximate surface area is 111 Å². The predicted molar refractivity (Wildman–Crippen MR) is 75.5 cm³/mol. The third kappa shape index (κ3) is 5.39. The van der Waals surface area contributed by atoms with Gasteiger partial charge in [-0.2, -0.15) is 0 Å². The lowest BCUT2D eigenvalue weighted by Crippen LogP contribution is -2.44. The van der Waals surface area contributed by atoms with Crippen molar-refractivity contribution in [2.24, 2.45) is 0 Å². The lowest BCUT2D eigenvalue weighted by molar-refractivity contribution is 0.0418. The minimum atomic E-state index is -1.17. The van der Waals surface area contributed by atoms with Gasteiger partial charge in [0.1, 0.15) is 5.60 Å². The molecule has 1 saturated heterocycles. The summed E-state index contributed by atoms with van der Waals surface area (Å²) in [5.41, 5.74) is -0.492. The summed E-state index contributed by atoms with van der Waals surface area (Å²) in [5, 5.41) is 12.9. The van der Waals surface area contributed by atoms with Crippen molar-refractivity contribution in [1.82, 2.24) is 5.32 Å². The summed E-state index contributed by atoms with van der Waals surface area (Å²) >= 11 is 0. The minimum Gasteiger partial charge on any atom is -0.444 e. The van der Waals surface area contributed by atoms with Crippen LogP contribution in [0.1, 0.15) is 33.6 Å². The molecule has 0 aromatic rings. The maximum Gasteiger partial charge on any atom is 0.407 e. The Kier molecular flexibility index (Phi) is 4.83. The van der Waals surface area contributed by atoms with Crippen molar-refractivity contribution in [3.8, 4) is 0 Å². The molecule has 0 radical (unpaired) electrons. The molecule has 5 heteroatoms. The molecule has 0 saturated carbocycles. The zero-order valence-electron chi connectivity index (χ0n) is 12.2. The highest BCUT2D eigenvalue weighted by molar-refractivity contribution is 6.77. The maximum absolute atomic E-state index is 11.7. The number of ether oxygens (including phenoxy) is 1. The van der Waals surface area contributed by atoms with Gasteiger partial charge in [0.2, 0.25) is 0 Å². The number of aliphatic hydroxyl groups excluding tert-OH is 1. The fraction of sp³-hybridized carbons (Fsp3) is 0.923. The summed E-state index contributed by atoms with van der Waals surface area (Å²) in [6.07, 6.45) is 0.791. The number of carbonyl (C=O) groups excluding carboxylic acids is 1. The molecule has 2 N–H and O–H groups in total. The van der Waals surface area contributed by atoms with Crippen molar-refractivity contribution in [3.05, 3.63) is 0 Å². The quantitative estimate of drug-likeness (QED) is 0.722. The van der Waals surface area contributed by atoms with Gasteiger partial charge in [-0.15, -0.1) is 0 Å². The van der Waals surface area contributed by atoms with Crippen LogP contribution in [0.5, 0.6) is 0 Å². The summed E-state index contributed by atoms with van der Waals surface area (Å²) in [6.45, 7) is 10.2. The molecule has 4 nitrogen and oxygen atoms in total. The van der Waals surface area contributed by atoms with Gasteiger partial charge in [-0.05, 0) is 33.6 Å². The first-order valence-corrected chi connectivity index (χ1v) is 10.2. The largest absolute Gasteiger partial charge is 0.444 e. The Hall–Kier alpha value is -0.553. The smallest absolute Gasteiger partial charge is 0.407 e. The number of carbonyl (C=O) groups is 1. The lowest BCUT2D eigenvalue weighted by Gasteiger charge is -2.25. The highest BCUT2D eigenvalue weighted by atomic mass is 28.3. The molecule has 1 rings (SSSR count). The van der Waals surface area contributed by atoms with E-state index in [1.165, 1.54) is 0 Å². The van der Waals surface area contributed by atoms with Crippen molar-refractivity contribution < 1.29 is 14.6 Å². The summed E-state index contributed by atoms with van der Waals surface area (Å²) < 4.78 is 5.23. The number of alkyl carbamates (subject to hydrolysis) is 1. The van der Waals surface area contributed by atoms with E-state index >= 15 is 0 Å². The first kappa shape index (κ1) is 15.5. The van der Waals surface area contributed by atoms with Crippen molar-refractivity contribution in [2.75, 3.05) is 0 Å². The van der Waals surface area contributed by atoms with Gasteiger partial charge in [0.25, 0.3) is 0 Å². The Morgan fingerprint density at radius 2 is 1.83 bits per heavy atom. The maximum atomic E-state index is 11.7. The molecule has 1 amide bonds. The van der Waals surface area contributed by atoms with Crippen LogP contribution in [-0.2, 0) is 4.74 Å². The molecule has 0 aromatic carbocycles. The van der Waals surface area contributed by atoms with Gasteiger partial charge in [0.15, 0.2) is 0 Å². The van der Waals surface area contributed by atoms with Gasteiger partial charge in [-0.1, -0.05) is 25.2 Å². The second kappa shape index (κ2) is 5.61. The first-order valence-electron chi connectivity index (χ1n) is 6.77. The average molecular weight is 273 g/mol. The van der Waals surface area contributed by atoms with Crippen molar-refractivity contribution in [2.45, 2.75) is 76.5 Å². The molecule has 0 aliphatic carbocycles. The second-order valence-corrected chi connectivity index (χ2v) is 12.4. The second-order valence-electron chi connectivity index (χ2n) is 7.06. The fourth-order valence-corrected chi connectivity index (χ4v) is 4.65. The zero-order valence-corrected chi connectivity index (χ0v) is 13.2. The average Bonchev–Trinajstić information content (AvgIpc) is 2.28. The van der Waals surface area contributed by atoms with E-state index < -0.39 is 25.9 Å². The Morgan fingerprint density at radius 3 is 2.39 bits per heavy atom. The first-order chi connectivity index (χ1) is 8.09. The number of aliphatic hydroxyl groups is 1. The van der Waals surface area contributed by atoms with Gasteiger partial charge < -0.3 is 15.2 Å². The molecular formula is C13H27NO3Si. The molecule has 1 aliphatic rings. The number of nitrogens with one attached hydrogen (secondary N) is 1. The van der Waals surface area contributed by atoms with Crippen molar-refractivity contribution >= 4 is 14.2 Å². The van der Waals surface area contributed by atoms with E-state index in [9.17, 15) is 9.90 Å². The third-order valence-corrected chi connectivity index (χ3v) is 6.70. The molecule has 18 heavy (non-hydrogen) atoms. The van der Waals surface area contributed by atoms with Gasteiger partial charge >= 0.3 is 6.09 Å². The van der Waals surface area contributed by atoms with E-state index in [0.717, 1.165) is 24.9 Å². The summed E-state index contributed by atoms with van der Waals surface area (Å²) in [7, 11) is -1.17. The van der Waals surface area contributed by atoms with E-state index in [4.69, 9.17) is 4.74 Å². The summed E-state index contributed by atoms with van der Waals surface area (Å²) in [4.78, 5) is 11.7. The standard InChI is InChI=1S/C13H27NO3Si/c1-13(2,3)17-12(16)14-10-6-8-18(4,5)9-7-11(10)15/h10-11,15H,6-9H2,1-5H3,(H,14,16)/t10-,11-/m0/s1. The zero-order chi connectivity index (χ0) is 14.0. The monoisotopic (exact) mass is 273 g/mol. The SMILES string of the molecule is CC(C)(C)OC(=O)N[C@H]1CC[Si](C)(C)CC[C@@H]1O. The van der Waals surface area contributed by atoms with Crippen LogP contribution in [0.3, 0.4) is 0 Å². The molecule has 0 spiro atoms. The number of hydrogen-bond donors (Lipinski definition) is 2. The Balaban J connectivity index is 2.53. The highest BCUT2D eigenvalue weighted by Crippen LogP contribution is 2.27. The third-order valence-electron chi connectivity index (χ3n) is 3.42. The van der Waals surface area contributed by atoms with Crippen LogP contribution >= 0.6 is 0 Å². The minimum absolute atomic E-state index is 0.158. The van der Waals surface area contributed by atoms with Gasteiger partial charge in [0.05, 0.1) is 12.1 Å². The molecule has 1 fully saturated rings. The molecule has 2 atom stereocenters. The molecule has 0 aromatic heterocycles. The van der Waals surface area contributed by atoms with Gasteiger partial charge in [-0.25, -0.2) is 4.79 Å². The summed E-state index contributed by atoms with van der Waals surface area (Å²) in [6, 6.07) is 2.11. The molecule has 106 valence electrons. The van der Waals surface area contributed by atoms with Crippen LogP contribution in [0.15, 0.2) is 0 Å². The number of amides is 1. The predicted octanol–water partition coefficient (Wildman–Crippen LogP) is 2.74. The van der Waals surface area contributed by atoms with E-state index in [-0.39, 0.29) is 6.04 Å². The van der Waals surface area contributed by atoms with Crippen molar-refractivity contribution in [1.29, 1.82) is 0 Å². The highest BCUT2D eigenvalue weighted by Gasteiger charge is 2.32. The Morgan fingerprint density at radius 1 is 1.28 bits per heavy atom. The van der Waals surface area contributed by atoms with E-state index in [0.29, 0.717) is 0 Å². The topological polar surface area (TPSA) is 58.6 Å². The lowest BCUT2D eigenvalue weighted by atomic mass is 10.1. The van der Waals surface area contributed by atoms with E-state index in [2.05, 4.69) is 18.4 Å². The van der Waals surface area contributed by atoms with Crippen LogP contribution in [0, 0.1) is 0 Å². The normalized spacial score (nSPS) is 28.3. The Bertz CT molecular complexity index is 299. The van der Waals surface area contributed by atoms with Gasteiger partial charge in [-0.3, -0.25) is 0 Å². The van der Waals surface area contributed by atoms with E-state index in [1.807, 2.05) is 20.8 Å². The molecule has 0 bridgehead atoms. The van der Waals surface area contributed by atoms with Crippen LogP contribution in [0.25, 0.3) is 0 Å². The fourth-order valence-electron chi connectivity index (χ4n) is 2.23. The van der Waals surface area contributed by atoms with Crippen molar-refractivity contribution in [3.63, 3.8) is 0 Å². The van der Waals surface area contributed by atoms with Crippen LogP contribution in [-0.4, -0.2) is 37.0 Å².